The molecule has 0 saturated carbocycles. The van der Waals surface area contributed by atoms with E-state index in [1.54, 1.807) is 11.8 Å². The fourth-order valence-corrected chi connectivity index (χ4v) is 3.10. The summed E-state index contributed by atoms with van der Waals surface area (Å²) >= 11 is 0. The van der Waals surface area contributed by atoms with Crippen molar-refractivity contribution in [2.24, 2.45) is 0 Å². The maximum atomic E-state index is 12.7. The summed E-state index contributed by atoms with van der Waals surface area (Å²) in [6, 6.07) is 9.76. The molecule has 23 heavy (non-hydrogen) atoms. The molecule has 1 N–H and O–H groups in total. The van der Waals surface area contributed by atoms with Crippen LogP contribution in [0.1, 0.15) is 29.8 Å². The minimum Gasteiger partial charge on any atom is -0.391 e. The lowest BCUT2D eigenvalue weighted by molar-refractivity contribution is -0.138. The summed E-state index contributed by atoms with van der Waals surface area (Å²) in [7, 11) is 0. The van der Waals surface area contributed by atoms with Gasteiger partial charge in [0.1, 0.15) is 11.4 Å². The van der Waals surface area contributed by atoms with Crippen LogP contribution in [0.25, 0.3) is 0 Å². The molecule has 6 nitrogen and oxygen atoms in total. The molecular weight excluding hydrogens is 294 g/mol. The topological polar surface area (TPSA) is 79.5 Å². The maximum Gasteiger partial charge on any atom is 0.229 e. The highest BCUT2D eigenvalue weighted by Gasteiger charge is 2.33. The fraction of sp³-hybridized carbons (Fsp3) is 0.471. The van der Waals surface area contributed by atoms with Crippen LogP contribution in [0.2, 0.25) is 0 Å². The number of hydrogen-bond donors (Lipinski definition) is 1. The van der Waals surface area contributed by atoms with E-state index in [2.05, 4.69) is 14.9 Å². The lowest BCUT2D eigenvalue weighted by Gasteiger charge is -2.39. The number of likely N-dealkylation sites (tertiary alicyclic amines) is 1. The standard InChI is InChI=1S/C17H21N3O3/c1-12-14(19-23-18-12)11-17(22)20-9-5-8-16(21)15(20)10-13-6-3-2-4-7-13/h2-4,6-7,15-16,21H,5,8-11H2,1H3/t15-,16-/m0/s1. The first-order valence-electron chi connectivity index (χ1n) is 7.94. The normalized spacial score (nSPS) is 21.4. The number of rotatable bonds is 4. The molecule has 1 aliphatic heterocycles. The van der Waals surface area contributed by atoms with Gasteiger partial charge in [-0.1, -0.05) is 40.6 Å². The van der Waals surface area contributed by atoms with Crippen molar-refractivity contribution in [1.82, 2.24) is 15.2 Å². The Labute approximate surface area is 135 Å². The van der Waals surface area contributed by atoms with Crippen molar-refractivity contribution in [3.8, 4) is 0 Å². The van der Waals surface area contributed by atoms with E-state index in [1.807, 2.05) is 30.3 Å². The third-order valence-electron chi connectivity index (χ3n) is 4.42. The number of carbonyl (C=O) groups excluding carboxylic acids is 1. The van der Waals surface area contributed by atoms with E-state index >= 15 is 0 Å². The van der Waals surface area contributed by atoms with Gasteiger partial charge >= 0.3 is 0 Å². The molecule has 2 heterocycles. The molecule has 1 fully saturated rings. The van der Waals surface area contributed by atoms with Crippen LogP contribution >= 0.6 is 0 Å². The van der Waals surface area contributed by atoms with Crippen molar-refractivity contribution in [2.45, 2.75) is 44.8 Å². The minimum absolute atomic E-state index is 0.0384. The van der Waals surface area contributed by atoms with Gasteiger partial charge in [0.25, 0.3) is 0 Å². The molecule has 6 heteroatoms. The highest BCUT2D eigenvalue weighted by molar-refractivity contribution is 5.79. The molecule has 1 aromatic carbocycles. The number of aryl methyl sites for hydroxylation is 1. The third kappa shape index (κ3) is 3.59. The summed E-state index contributed by atoms with van der Waals surface area (Å²) < 4.78 is 4.66. The first kappa shape index (κ1) is 15.7. The summed E-state index contributed by atoms with van der Waals surface area (Å²) in [5.74, 6) is -0.0384. The van der Waals surface area contributed by atoms with Crippen LogP contribution in [0.4, 0.5) is 0 Å². The molecule has 0 bridgehead atoms. The highest BCUT2D eigenvalue weighted by atomic mass is 16.6. The van der Waals surface area contributed by atoms with Gasteiger partial charge in [-0.25, -0.2) is 4.63 Å². The first-order chi connectivity index (χ1) is 11.1. The van der Waals surface area contributed by atoms with E-state index in [-0.39, 0.29) is 18.4 Å². The van der Waals surface area contributed by atoms with Crippen molar-refractivity contribution in [3.63, 3.8) is 0 Å². The Morgan fingerprint density at radius 1 is 1.35 bits per heavy atom. The molecule has 3 rings (SSSR count). The molecule has 0 aliphatic carbocycles. The molecule has 1 saturated heterocycles. The van der Waals surface area contributed by atoms with Crippen LogP contribution in [0, 0.1) is 6.92 Å². The minimum atomic E-state index is -0.496. The largest absolute Gasteiger partial charge is 0.391 e. The molecule has 2 aromatic rings. The van der Waals surface area contributed by atoms with Gasteiger partial charge in [0.2, 0.25) is 5.91 Å². The monoisotopic (exact) mass is 315 g/mol. The highest BCUT2D eigenvalue weighted by Crippen LogP contribution is 2.22. The number of amides is 1. The Bertz CT molecular complexity index is 656. The molecule has 0 spiro atoms. The number of piperidine rings is 1. The van der Waals surface area contributed by atoms with Crippen LogP contribution in [0.5, 0.6) is 0 Å². The van der Waals surface area contributed by atoms with Crippen molar-refractivity contribution in [2.75, 3.05) is 6.54 Å². The van der Waals surface area contributed by atoms with Gasteiger partial charge in [-0.05, 0) is 31.7 Å². The number of carbonyl (C=O) groups is 1. The summed E-state index contributed by atoms with van der Waals surface area (Å²) in [6.45, 7) is 2.43. The average Bonchev–Trinajstić information content (AvgIpc) is 2.95. The lowest BCUT2D eigenvalue weighted by atomic mass is 9.92. The Morgan fingerprint density at radius 2 is 2.13 bits per heavy atom. The Hall–Kier alpha value is -2.21. The Kier molecular flexibility index (Phi) is 4.71. The predicted octanol–water partition coefficient (Wildman–Crippen LogP) is 1.52. The van der Waals surface area contributed by atoms with E-state index < -0.39 is 6.10 Å². The van der Waals surface area contributed by atoms with Gasteiger partial charge < -0.3 is 10.0 Å². The SMILES string of the molecule is Cc1nonc1CC(=O)N1CCC[C@H](O)[C@@H]1Cc1ccccc1. The van der Waals surface area contributed by atoms with Gasteiger partial charge in [-0.2, -0.15) is 0 Å². The van der Waals surface area contributed by atoms with Crippen LogP contribution in [-0.4, -0.2) is 44.9 Å². The molecule has 2 atom stereocenters. The van der Waals surface area contributed by atoms with Gasteiger partial charge in [0, 0.05) is 6.54 Å². The lowest BCUT2D eigenvalue weighted by Crippen LogP contribution is -2.52. The van der Waals surface area contributed by atoms with E-state index in [0.717, 1.165) is 18.4 Å². The molecule has 1 aliphatic rings. The van der Waals surface area contributed by atoms with Crippen molar-refractivity contribution in [1.29, 1.82) is 0 Å². The second kappa shape index (κ2) is 6.91. The predicted molar refractivity (Wildman–Crippen MR) is 83.6 cm³/mol. The zero-order valence-electron chi connectivity index (χ0n) is 13.2. The van der Waals surface area contributed by atoms with Crippen molar-refractivity contribution >= 4 is 5.91 Å². The molecule has 122 valence electrons. The molecule has 0 unspecified atom stereocenters. The third-order valence-corrected chi connectivity index (χ3v) is 4.42. The van der Waals surface area contributed by atoms with Crippen molar-refractivity contribution < 1.29 is 14.5 Å². The Morgan fingerprint density at radius 3 is 2.83 bits per heavy atom. The van der Waals surface area contributed by atoms with Gasteiger partial charge in [0.15, 0.2) is 0 Å². The maximum absolute atomic E-state index is 12.7. The molecular formula is C17H21N3O3. The van der Waals surface area contributed by atoms with Gasteiger partial charge in [-0.15, -0.1) is 0 Å². The van der Waals surface area contributed by atoms with Crippen molar-refractivity contribution in [3.05, 3.63) is 47.3 Å². The van der Waals surface area contributed by atoms with E-state index in [1.165, 1.54) is 0 Å². The molecule has 1 aromatic heterocycles. The van der Waals surface area contributed by atoms with Gasteiger partial charge in [-0.3, -0.25) is 4.79 Å². The number of aromatic nitrogens is 2. The number of nitrogens with zero attached hydrogens (tertiary/aromatic N) is 3. The molecule has 1 amide bonds. The first-order valence-corrected chi connectivity index (χ1v) is 7.94. The fourth-order valence-electron chi connectivity index (χ4n) is 3.10. The zero-order chi connectivity index (χ0) is 16.2. The molecule has 0 radical (unpaired) electrons. The van der Waals surface area contributed by atoms with Crippen LogP contribution < -0.4 is 0 Å². The number of aliphatic hydroxyl groups is 1. The van der Waals surface area contributed by atoms with Crippen LogP contribution in [-0.2, 0) is 17.6 Å². The zero-order valence-corrected chi connectivity index (χ0v) is 13.2. The van der Waals surface area contributed by atoms with E-state index in [0.29, 0.717) is 24.4 Å². The quantitative estimate of drug-likeness (QED) is 0.925. The van der Waals surface area contributed by atoms with E-state index in [4.69, 9.17) is 0 Å². The second-order valence-corrected chi connectivity index (χ2v) is 6.03. The number of benzene rings is 1. The number of aliphatic hydroxyl groups excluding tert-OH is 1. The average molecular weight is 315 g/mol. The van der Waals surface area contributed by atoms with E-state index in [9.17, 15) is 9.90 Å². The number of hydrogen-bond acceptors (Lipinski definition) is 5. The summed E-state index contributed by atoms with van der Waals surface area (Å²) in [6.07, 6.45) is 1.86. The summed E-state index contributed by atoms with van der Waals surface area (Å²) in [5.41, 5.74) is 2.32. The van der Waals surface area contributed by atoms with Crippen LogP contribution in [0.3, 0.4) is 0 Å². The second-order valence-electron chi connectivity index (χ2n) is 6.03. The Balaban J connectivity index is 1.74. The summed E-state index contributed by atoms with van der Waals surface area (Å²) in [4.78, 5) is 14.5. The summed E-state index contributed by atoms with van der Waals surface area (Å²) in [5, 5.41) is 17.9. The van der Waals surface area contributed by atoms with Gasteiger partial charge in [0.05, 0.1) is 18.6 Å². The smallest absolute Gasteiger partial charge is 0.229 e. The van der Waals surface area contributed by atoms with Crippen LogP contribution in [0.15, 0.2) is 35.0 Å².